The highest BCUT2D eigenvalue weighted by Crippen LogP contribution is 2.21. The summed E-state index contributed by atoms with van der Waals surface area (Å²) in [6.45, 7) is 4.04. The van der Waals surface area contributed by atoms with Crippen LogP contribution in [0, 0.1) is 0 Å². The normalized spacial score (nSPS) is 11.3. The van der Waals surface area contributed by atoms with E-state index in [2.05, 4.69) is 5.32 Å². The topological polar surface area (TPSA) is 103 Å². The van der Waals surface area contributed by atoms with Gasteiger partial charge in [0.2, 0.25) is 0 Å². The lowest BCUT2D eigenvalue weighted by molar-refractivity contribution is -0.127. The zero-order chi connectivity index (χ0) is 18.1. The maximum Gasteiger partial charge on any atom is 0.338 e. The lowest BCUT2D eigenvalue weighted by Crippen LogP contribution is -2.43. The van der Waals surface area contributed by atoms with Crippen LogP contribution in [0.15, 0.2) is 18.2 Å². The fraction of sp³-hybridized carbons (Fsp3) is 0.438. The molecule has 24 heavy (non-hydrogen) atoms. The molecule has 0 heterocycles. The molecule has 0 unspecified atom stereocenters. The van der Waals surface area contributed by atoms with Gasteiger partial charge in [0.05, 0.1) is 19.3 Å². The summed E-state index contributed by atoms with van der Waals surface area (Å²) >= 11 is 0. The molecule has 1 atom stereocenters. The summed E-state index contributed by atoms with van der Waals surface area (Å²) < 4.78 is 15.6. The summed E-state index contributed by atoms with van der Waals surface area (Å²) in [7, 11) is 2.89. The Hall–Kier alpha value is -2.61. The Morgan fingerprint density at radius 3 is 2.54 bits per heavy atom. The minimum atomic E-state index is -1.12. The van der Waals surface area contributed by atoms with Crippen molar-refractivity contribution in [3.05, 3.63) is 29.3 Å². The van der Waals surface area contributed by atoms with Crippen LogP contribution in [0.4, 0.5) is 4.79 Å². The van der Waals surface area contributed by atoms with Gasteiger partial charge in [-0.2, -0.15) is 0 Å². The molecule has 8 nitrogen and oxygen atoms in total. The lowest BCUT2D eigenvalue weighted by Gasteiger charge is -2.14. The first kappa shape index (κ1) is 19.4. The molecule has 0 spiro atoms. The fourth-order valence-corrected chi connectivity index (χ4v) is 1.79. The predicted octanol–water partition coefficient (Wildman–Crippen LogP) is 1.23. The first-order chi connectivity index (χ1) is 11.4. The van der Waals surface area contributed by atoms with Gasteiger partial charge in [0.1, 0.15) is 5.75 Å². The van der Waals surface area contributed by atoms with Crippen molar-refractivity contribution in [1.29, 1.82) is 0 Å². The van der Waals surface area contributed by atoms with Crippen LogP contribution in [0.25, 0.3) is 0 Å². The van der Waals surface area contributed by atoms with Crippen molar-refractivity contribution in [3.8, 4) is 5.75 Å². The van der Waals surface area contributed by atoms with E-state index < -0.39 is 24.0 Å². The number of ether oxygens (including phenoxy) is 3. The summed E-state index contributed by atoms with van der Waals surface area (Å²) in [4.78, 5) is 34.9. The summed E-state index contributed by atoms with van der Waals surface area (Å²) in [6, 6.07) is 4.06. The number of benzene rings is 1. The Balaban J connectivity index is 2.79. The van der Waals surface area contributed by atoms with Crippen LogP contribution in [-0.4, -0.2) is 44.8 Å². The van der Waals surface area contributed by atoms with Gasteiger partial charge in [-0.25, -0.2) is 9.59 Å². The molecule has 0 radical (unpaired) electrons. The van der Waals surface area contributed by atoms with Crippen LogP contribution in [0.5, 0.6) is 5.75 Å². The molecule has 0 bridgehead atoms. The Labute approximate surface area is 140 Å². The highest BCUT2D eigenvalue weighted by molar-refractivity contribution is 5.98. The van der Waals surface area contributed by atoms with E-state index in [1.807, 2.05) is 12.2 Å². The number of rotatable bonds is 7. The molecule has 3 amide bonds. The van der Waals surface area contributed by atoms with Gasteiger partial charge in [-0.15, -0.1) is 0 Å². The molecule has 2 N–H and O–H groups in total. The third-order valence-corrected chi connectivity index (χ3v) is 3.09. The molecular weight excluding hydrogens is 316 g/mol. The molecule has 0 aromatic heterocycles. The van der Waals surface area contributed by atoms with Crippen LogP contribution in [0.1, 0.15) is 29.8 Å². The molecule has 0 aliphatic rings. The van der Waals surface area contributed by atoms with Crippen LogP contribution in [0.2, 0.25) is 0 Å². The number of carbonyl (C=O) groups excluding carboxylic acids is 3. The number of nitrogens with one attached hydrogen (secondary N) is 2. The standard InChI is InChI=1S/C16H22N2O6/c1-5-23-9-12-8-11(6-7-13(12)22-4)15(20)24-10(2)14(19)18-16(21)17-3/h6-8,10H,5,9H2,1-4H3,(H2,17,18,19,21)/t10-/m1/s1. The molecule has 132 valence electrons. The lowest BCUT2D eigenvalue weighted by atomic mass is 10.1. The van der Waals surface area contributed by atoms with Crippen molar-refractivity contribution in [1.82, 2.24) is 10.6 Å². The molecule has 0 aliphatic heterocycles. The highest BCUT2D eigenvalue weighted by atomic mass is 16.5. The van der Waals surface area contributed by atoms with Gasteiger partial charge in [-0.1, -0.05) is 0 Å². The largest absolute Gasteiger partial charge is 0.496 e. The monoisotopic (exact) mass is 338 g/mol. The molecule has 1 rings (SSSR count). The first-order valence-corrected chi connectivity index (χ1v) is 7.41. The van der Waals surface area contributed by atoms with Crippen molar-refractivity contribution in [2.75, 3.05) is 20.8 Å². The number of hydrogen-bond acceptors (Lipinski definition) is 6. The number of imide groups is 1. The maximum absolute atomic E-state index is 12.2. The predicted molar refractivity (Wildman–Crippen MR) is 85.8 cm³/mol. The van der Waals surface area contributed by atoms with Gasteiger partial charge in [-0.05, 0) is 32.0 Å². The Morgan fingerprint density at radius 2 is 1.96 bits per heavy atom. The summed E-state index contributed by atoms with van der Waals surface area (Å²) in [5, 5.41) is 4.27. The molecule has 0 saturated carbocycles. The van der Waals surface area contributed by atoms with Gasteiger partial charge in [0, 0.05) is 19.2 Å². The van der Waals surface area contributed by atoms with Crippen LogP contribution < -0.4 is 15.4 Å². The van der Waals surface area contributed by atoms with Gasteiger partial charge in [0.15, 0.2) is 6.10 Å². The van der Waals surface area contributed by atoms with Crippen molar-refractivity contribution in [2.45, 2.75) is 26.6 Å². The second-order valence-electron chi connectivity index (χ2n) is 4.78. The number of carbonyl (C=O) groups is 3. The van der Waals surface area contributed by atoms with Gasteiger partial charge >= 0.3 is 12.0 Å². The minimum absolute atomic E-state index is 0.255. The van der Waals surface area contributed by atoms with Crippen molar-refractivity contribution in [3.63, 3.8) is 0 Å². The second kappa shape index (κ2) is 9.51. The molecule has 0 aliphatic carbocycles. The van der Waals surface area contributed by atoms with E-state index in [0.717, 1.165) is 0 Å². The van der Waals surface area contributed by atoms with Crippen LogP contribution >= 0.6 is 0 Å². The fourth-order valence-electron chi connectivity index (χ4n) is 1.79. The molecule has 8 heteroatoms. The SMILES string of the molecule is CCOCc1cc(C(=O)O[C@H](C)C(=O)NC(=O)NC)ccc1OC. The van der Waals surface area contributed by atoms with Gasteiger partial charge < -0.3 is 19.5 Å². The van der Waals surface area contributed by atoms with Gasteiger partial charge in [-0.3, -0.25) is 10.1 Å². The van der Waals surface area contributed by atoms with Crippen molar-refractivity contribution >= 4 is 17.9 Å². The molecule has 1 aromatic rings. The number of amides is 3. The van der Waals surface area contributed by atoms with E-state index in [1.165, 1.54) is 27.1 Å². The van der Waals surface area contributed by atoms with E-state index in [9.17, 15) is 14.4 Å². The molecule has 1 aromatic carbocycles. The molecular formula is C16H22N2O6. The average molecular weight is 338 g/mol. The summed E-state index contributed by atoms with van der Waals surface area (Å²) in [6.07, 6.45) is -1.12. The van der Waals surface area contributed by atoms with Crippen LogP contribution in [0.3, 0.4) is 0 Å². The average Bonchev–Trinajstić information content (AvgIpc) is 2.59. The summed E-state index contributed by atoms with van der Waals surface area (Å²) in [5.74, 6) is -0.814. The van der Waals surface area contributed by atoms with E-state index in [0.29, 0.717) is 17.9 Å². The van der Waals surface area contributed by atoms with E-state index >= 15 is 0 Å². The maximum atomic E-state index is 12.2. The zero-order valence-electron chi connectivity index (χ0n) is 14.2. The number of esters is 1. The molecule has 0 saturated heterocycles. The summed E-state index contributed by atoms with van der Waals surface area (Å²) in [5.41, 5.74) is 0.946. The Bertz CT molecular complexity index is 602. The van der Waals surface area contributed by atoms with Crippen LogP contribution in [-0.2, 0) is 20.9 Å². The Morgan fingerprint density at radius 1 is 1.25 bits per heavy atom. The minimum Gasteiger partial charge on any atom is -0.496 e. The van der Waals surface area contributed by atoms with E-state index in [-0.39, 0.29) is 12.2 Å². The number of urea groups is 1. The Kier molecular flexibility index (Phi) is 7.70. The van der Waals surface area contributed by atoms with Crippen molar-refractivity contribution in [2.24, 2.45) is 0 Å². The number of hydrogen-bond donors (Lipinski definition) is 2. The van der Waals surface area contributed by atoms with Crippen molar-refractivity contribution < 1.29 is 28.6 Å². The number of methoxy groups -OCH3 is 1. The quantitative estimate of drug-likeness (QED) is 0.725. The van der Waals surface area contributed by atoms with E-state index in [4.69, 9.17) is 14.2 Å². The molecule has 0 fully saturated rings. The van der Waals surface area contributed by atoms with E-state index in [1.54, 1.807) is 12.1 Å². The third-order valence-electron chi connectivity index (χ3n) is 3.09. The first-order valence-electron chi connectivity index (χ1n) is 7.41. The highest BCUT2D eigenvalue weighted by Gasteiger charge is 2.21. The third kappa shape index (κ3) is 5.54. The van der Waals surface area contributed by atoms with Gasteiger partial charge in [0.25, 0.3) is 5.91 Å². The smallest absolute Gasteiger partial charge is 0.338 e. The zero-order valence-corrected chi connectivity index (χ0v) is 14.2. The second-order valence-corrected chi connectivity index (χ2v) is 4.78.